The number of nitrogens with two attached hydrogens (primary N) is 1. The Hall–Kier alpha value is -1.29. The normalized spacial score (nSPS) is 12.2. The molecular weight excluding hydrogens is 312 g/mol. The average Bonchev–Trinajstić information content (AvgIpc) is 2.41. The van der Waals surface area contributed by atoms with Crippen molar-refractivity contribution in [2.24, 2.45) is 5.73 Å². The fourth-order valence-electron chi connectivity index (χ4n) is 2.03. The van der Waals surface area contributed by atoms with Crippen LogP contribution in [0.4, 0.5) is 4.39 Å². The van der Waals surface area contributed by atoms with Gasteiger partial charge in [0.05, 0.1) is 0 Å². The molecule has 2 nitrogen and oxygen atoms in total. The fraction of sp³-hybridized carbons (Fsp3) is 0.250. The van der Waals surface area contributed by atoms with Crippen LogP contribution in [0.15, 0.2) is 36.4 Å². The van der Waals surface area contributed by atoms with E-state index in [1.165, 1.54) is 12.1 Å². The highest BCUT2D eigenvalue weighted by molar-refractivity contribution is 6.35. The first-order valence-corrected chi connectivity index (χ1v) is 7.32. The summed E-state index contributed by atoms with van der Waals surface area (Å²) in [5.41, 5.74) is 7.66. The van der Waals surface area contributed by atoms with Gasteiger partial charge in [0.2, 0.25) is 0 Å². The number of hydrogen-bond acceptors (Lipinski definition) is 2. The van der Waals surface area contributed by atoms with E-state index in [-0.39, 0.29) is 11.9 Å². The second-order valence-electron chi connectivity index (χ2n) is 4.95. The Morgan fingerprint density at radius 2 is 1.86 bits per heavy atom. The summed E-state index contributed by atoms with van der Waals surface area (Å²) in [5.74, 6) is 0.282. The van der Waals surface area contributed by atoms with E-state index in [4.69, 9.17) is 33.7 Å². The van der Waals surface area contributed by atoms with Crippen LogP contribution in [0.1, 0.15) is 18.1 Å². The second-order valence-corrected chi connectivity index (χ2v) is 5.79. The number of halogens is 3. The fourth-order valence-corrected chi connectivity index (χ4v) is 2.64. The lowest BCUT2D eigenvalue weighted by Gasteiger charge is -2.15. The Morgan fingerprint density at radius 1 is 1.19 bits per heavy atom. The van der Waals surface area contributed by atoms with E-state index in [1.807, 2.05) is 13.0 Å². The molecule has 2 N–H and O–H groups in total. The zero-order chi connectivity index (χ0) is 15.4. The molecule has 0 saturated carbocycles. The molecule has 2 aromatic rings. The summed E-state index contributed by atoms with van der Waals surface area (Å²) in [4.78, 5) is 0. The van der Waals surface area contributed by atoms with Crippen molar-refractivity contribution in [3.05, 3.63) is 63.4 Å². The van der Waals surface area contributed by atoms with Crippen LogP contribution in [0.5, 0.6) is 5.75 Å². The van der Waals surface area contributed by atoms with E-state index in [0.29, 0.717) is 28.8 Å². The number of rotatable bonds is 5. The molecule has 1 unspecified atom stereocenters. The van der Waals surface area contributed by atoms with Crippen LogP contribution in [0.25, 0.3) is 0 Å². The first-order valence-electron chi connectivity index (χ1n) is 6.56. The van der Waals surface area contributed by atoms with Crippen molar-refractivity contribution < 1.29 is 9.13 Å². The number of benzene rings is 2. The average molecular weight is 328 g/mol. The summed E-state index contributed by atoms with van der Waals surface area (Å²) in [6.07, 6.45) is 0.637. The molecular formula is C16H16Cl2FNO. The summed E-state index contributed by atoms with van der Waals surface area (Å²) >= 11 is 12.3. The largest absolute Gasteiger partial charge is 0.489 e. The van der Waals surface area contributed by atoms with Crippen LogP contribution in [0, 0.1) is 5.82 Å². The molecule has 5 heteroatoms. The third-order valence-corrected chi connectivity index (χ3v) is 3.54. The lowest BCUT2D eigenvalue weighted by molar-refractivity contribution is 0.304. The molecule has 0 saturated heterocycles. The summed E-state index contributed by atoms with van der Waals surface area (Å²) in [6, 6.07) is 9.34. The Morgan fingerprint density at radius 3 is 2.48 bits per heavy atom. The van der Waals surface area contributed by atoms with Crippen molar-refractivity contribution in [2.45, 2.75) is 26.0 Å². The van der Waals surface area contributed by atoms with Crippen LogP contribution in [-0.4, -0.2) is 6.04 Å². The van der Waals surface area contributed by atoms with Crippen LogP contribution in [0.3, 0.4) is 0 Å². The summed E-state index contributed by atoms with van der Waals surface area (Å²) < 4.78 is 18.5. The molecule has 0 aliphatic rings. The van der Waals surface area contributed by atoms with E-state index < -0.39 is 0 Å². The first-order chi connectivity index (χ1) is 9.95. The molecule has 0 aromatic heterocycles. The van der Waals surface area contributed by atoms with Gasteiger partial charge in [-0.3, -0.25) is 0 Å². The molecule has 0 bridgehead atoms. The van der Waals surface area contributed by atoms with E-state index in [0.717, 1.165) is 11.1 Å². The monoisotopic (exact) mass is 327 g/mol. The van der Waals surface area contributed by atoms with Gasteiger partial charge in [0.1, 0.15) is 18.2 Å². The molecule has 0 spiro atoms. The highest BCUT2D eigenvalue weighted by Gasteiger charge is 2.12. The summed E-state index contributed by atoms with van der Waals surface area (Å²) in [6.45, 7) is 2.21. The summed E-state index contributed by atoms with van der Waals surface area (Å²) in [5, 5.41) is 1.13. The van der Waals surface area contributed by atoms with E-state index in [2.05, 4.69) is 0 Å². The third-order valence-electron chi connectivity index (χ3n) is 2.99. The maximum Gasteiger partial charge on any atom is 0.123 e. The predicted octanol–water partition coefficient (Wildman–Crippen LogP) is 4.60. The Balaban J connectivity index is 2.19. The maximum atomic E-state index is 12.9. The Labute approximate surface area is 133 Å². The van der Waals surface area contributed by atoms with Gasteiger partial charge < -0.3 is 10.5 Å². The maximum absolute atomic E-state index is 12.9. The highest BCUT2D eigenvalue weighted by atomic mass is 35.5. The van der Waals surface area contributed by atoms with Crippen molar-refractivity contribution in [1.82, 2.24) is 0 Å². The molecule has 0 fully saturated rings. The minimum absolute atomic E-state index is 0.0201. The van der Waals surface area contributed by atoms with E-state index in [1.54, 1.807) is 18.2 Å². The lowest BCUT2D eigenvalue weighted by atomic mass is 10.0. The van der Waals surface area contributed by atoms with Gasteiger partial charge in [-0.2, -0.15) is 0 Å². The SMILES string of the molecule is CC(N)Cc1c(Cl)cc(Cl)cc1COc1ccc(F)cc1. The van der Waals surface area contributed by atoms with Crippen molar-refractivity contribution in [1.29, 1.82) is 0 Å². The lowest BCUT2D eigenvalue weighted by Crippen LogP contribution is -2.19. The van der Waals surface area contributed by atoms with E-state index in [9.17, 15) is 4.39 Å². The molecule has 2 rings (SSSR count). The van der Waals surface area contributed by atoms with Gasteiger partial charge in [-0.05, 0) is 60.9 Å². The van der Waals surface area contributed by atoms with Gasteiger partial charge in [0.25, 0.3) is 0 Å². The highest BCUT2D eigenvalue weighted by Crippen LogP contribution is 2.27. The van der Waals surface area contributed by atoms with Crippen molar-refractivity contribution in [2.75, 3.05) is 0 Å². The standard InChI is InChI=1S/C16H16Cl2FNO/c1-10(20)6-15-11(7-12(17)8-16(15)18)9-21-14-4-2-13(19)3-5-14/h2-5,7-8,10H,6,9,20H2,1H3. The second kappa shape index (κ2) is 7.12. The van der Waals surface area contributed by atoms with Gasteiger partial charge in [-0.15, -0.1) is 0 Å². The molecule has 0 radical (unpaired) electrons. The minimum atomic E-state index is -0.300. The predicted molar refractivity (Wildman–Crippen MR) is 84.5 cm³/mol. The molecule has 2 aromatic carbocycles. The van der Waals surface area contributed by atoms with Crippen molar-refractivity contribution >= 4 is 23.2 Å². The van der Waals surface area contributed by atoms with Gasteiger partial charge >= 0.3 is 0 Å². The Bertz CT molecular complexity index is 614. The Kier molecular flexibility index (Phi) is 5.45. The molecule has 1 atom stereocenters. The van der Waals surface area contributed by atoms with Crippen molar-refractivity contribution in [3.8, 4) is 5.75 Å². The first kappa shape index (κ1) is 16.1. The smallest absolute Gasteiger partial charge is 0.123 e. The third kappa shape index (κ3) is 4.60. The molecule has 112 valence electrons. The molecule has 0 aliphatic heterocycles. The molecule has 0 aliphatic carbocycles. The zero-order valence-corrected chi connectivity index (χ0v) is 13.1. The zero-order valence-electron chi connectivity index (χ0n) is 11.6. The molecule has 0 amide bonds. The van der Waals surface area contributed by atoms with Gasteiger partial charge in [0, 0.05) is 16.1 Å². The quantitative estimate of drug-likeness (QED) is 0.870. The molecule has 0 heterocycles. The number of ether oxygens (including phenoxy) is 1. The van der Waals surface area contributed by atoms with Crippen LogP contribution < -0.4 is 10.5 Å². The molecule has 21 heavy (non-hydrogen) atoms. The minimum Gasteiger partial charge on any atom is -0.489 e. The van der Waals surface area contributed by atoms with Gasteiger partial charge in [-0.1, -0.05) is 23.2 Å². The van der Waals surface area contributed by atoms with Gasteiger partial charge in [-0.25, -0.2) is 4.39 Å². The topological polar surface area (TPSA) is 35.2 Å². The van der Waals surface area contributed by atoms with Crippen molar-refractivity contribution in [3.63, 3.8) is 0 Å². The van der Waals surface area contributed by atoms with Crippen LogP contribution in [0.2, 0.25) is 10.0 Å². The van der Waals surface area contributed by atoms with E-state index >= 15 is 0 Å². The van der Waals surface area contributed by atoms with Crippen LogP contribution >= 0.6 is 23.2 Å². The van der Waals surface area contributed by atoms with Crippen LogP contribution in [-0.2, 0) is 13.0 Å². The summed E-state index contributed by atoms with van der Waals surface area (Å²) in [7, 11) is 0. The van der Waals surface area contributed by atoms with Gasteiger partial charge in [0.15, 0.2) is 0 Å². The number of hydrogen-bond donors (Lipinski definition) is 1.